The molecule has 0 aliphatic heterocycles. The third-order valence-corrected chi connectivity index (χ3v) is 5.28. The van der Waals surface area contributed by atoms with Gasteiger partial charge in [0.05, 0.1) is 15.4 Å². The van der Waals surface area contributed by atoms with Crippen molar-refractivity contribution in [2.24, 2.45) is 0 Å². The van der Waals surface area contributed by atoms with E-state index in [0.717, 1.165) is 11.6 Å². The lowest BCUT2D eigenvalue weighted by Crippen LogP contribution is -2.16. The molecule has 9 heteroatoms. The highest BCUT2D eigenvalue weighted by molar-refractivity contribution is 9.10. The number of alkyl halides is 3. The molecule has 1 aromatic heterocycles. The van der Waals surface area contributed by atoms with Crippen molar-refractivity contribution in [3.05, 3.63) is 98.3 Å². The zero-order chi connectivity index (χ0) is 23.8. The largest absolute Gasteiger partial charge is 0.453 e. The van der Waals surface area contributed by atoms with E-state index < -0.39 is 34.7 Å². The molecule has 0 aliphatic rings. The van der Waals surface area contributed by atoms with E-state index in [1.807, 2.05) is 6.92 Å². The zero-order valence-corrected chi connectivity index (χ0v) is 18.5. The minimum atomic E-state index is -5.02. The fourth-order valence-corrected chi connectivity index (χ4v) is 3.36. The van der Waals surface area contributed by atoms with E-state index in [1.54, 1.807) is 42.5 Å². The Bertz CT molecular complexity index is 1410. The van der Waals surface area contributed by atoms with Crippen LogP contribution in [-0.4, -0.2) is 5.97 Å². The van der Waals surface area contributed by atoms with Gasteiger partial charge in [0.1, 0.15) is 17.1 Å². The van der Waals surface area contributed by atoms with Crippen LogP contribution in [0.4, 0.5) is 13.2 Å². The number of carbonyl (C=O) groups is 1. The Morgan fingerprint density at radius 3 is 2.36 bits per heavy atom. The summed E-state index contributed by atoms with van der Waals surface area (Å²) in [7, 11) is 0. The van der Waals surface area contributed by atoms with E-state index in [9.17, 15) is 22.8 Å². The number of carbonyl (C=O) groups excluding carboxylic acids is 1. The maximum absolute atomic E-state index is 13.7. The molecule has 0 saturated carbocycles. The van der Waals surface area contributed by atoms with Crippen molar-refractivity contribution in [2.75, 3.05) is 0 Å². The van der Waals surface area contributed by atoms with Gasteiger partial charge < -0.3 is 13.9 Å². The summed E-state index contributed by atoms with van der Waals surface area (Å²) in [6.07, 6.45) is -5.02. The summed E-state index contributed by atoms with van der Waals surface area (Å²) in [5.41, 5.74) is -0.216. The Morgan fingerprint density at radius 1 is 1.00 bits per heavy atom. The van der Waals surface area contributed by atoms with E-state index in [-0.39, 0.29) is 22.4 Å². The molecule has 0 atom stereocenters. The molecule has 0 N–H and O–H groups in total. The van der Waals surface area contributed by atoms with Crippen molar-refractivity contribution < 1.29 is 31.9 Å². The number of hydrogen-bond donors (Lipinski definition) is 0. The highest BCUT2D eigenvalue weighted by Crippen LogP contribution is 2.39. The summed E-state index contributed by atoms with van der Waals surface area (Å²) in [4.78, 5) is 25.2. The van der Waals surface area contributed by atoms with E-state index in [2.05, 4.69) is 15.9 Å². The summed E-state index contributed by atoms with van der Waals surface area (Å²) >= 11 is 3.17. The molecule has 0 bridgehead atoms. The van der Waals surface area contributed by atoms with Crippen LogP contribution in [-0.2, 0) is 6.18 Å². The van der Waals surface area contributed by atoms with Gasteiger partial charge in [0.15, 0.2) is 0 Å². The van der Waals surface area contributed by atoms with Crippen LogP contribution in [0.5, 0.6) is 17.2 Å². The molecule has 5 nitrogen and oxygen atoms in total. The fraction of sp³-hybridized carbons (Fsp3) is 0.0833. The minimum Gasteiger partial charge on any atom is -0.448 e. The quantitative estimate of drug-likeness (QED) is 0.217. The summed E-state index contributed by atoms with van der Waals surface area (Å²) in [6.45, 7) is 1.85. The number of benzene rings is 3. The summed E-state index contributed by atoms with van der Waals surface area (Å²) in [6, 6.07) is 16.3. The van der Waals surface area contributed by atoms with E-state index in [1.165, 1.54) is 18.2 Å². The SMILES string of the molecule is Cc1ccc(C(=O)Oc2ccc3c(=O)c(Oc4ccccc4Br)c(C(F)(F)F)oc3c2)cc1. The first-order valence-corrected chi connectivity index (χ1v) is 10.3. The molecule has 0 fully saturated rings. The van der Waals surface area contributed by atoms with E-state index in [0.29, 0.717) is 4.47 Å². The van der Waals surface area contributed by atoms with Crippen LogP contribution in [0.1, 0.15) is 21.7 Å². The summed E-state index contributed by atoms with van der Waals surface area (Å²) in [5, 5.41) is -0.166. The fourth-order valence-electron chi connectivity index (χ4n) is 2.99. The highest BCUT2D eigenvalue weighted by Gasteiger charge is 2.40. The Balaban J connectivity index is 1.76. The van der Waals surface area contributed by atoms with Gasteiger partial charge in [-0.15, -0.1) is 0 Å². The molecule has 4 rings (SSSR count). The predicted octanol–water partition coefficient (Wildman–Crippen LogP) is 6.89. The Labute approximate surface area is 193 Å². The van der Waals surface area contributed by atoms with Gasteiger partial charge in [-0.25, -0.2) is 4.79 Å². The predicted molar refractivity (Wildman–Crippen MR) is 118 cm³/mol. The molecule has 1 heterocycles. The molecule has 4 aromatic rings. The first-order chi connectivity index (χ1) is 15.6. The van der Waals surface area contributed by atoms with Gasteiger partial charge in [0, 0.05) is 6.07 Å². The molecular formula is C24H14BrF3O5. The van der Waals surface area contributed by atoms with Gasteiger partial charge in [0.2, 0.25) is 11.2 Å². The number of halogens is 4. The molecule has 0 aliphatic carbocycles. The van der Waals surface area contributed by atoms with Crippen LogP contribution in [0.2, 0.25) is 0 Å². The summed E-state index contributed by atoms with van der Waals surface area (Å²) < 4.78 is 57.1. The van der Waals surface area contributed by atoms with Crippen LogP contribution in [0.15, 0.2) is 80.4 Å². The van der Waals surface area contributed by atoms with Crippen LogP contribution in [0.3, 0.4) is 0 Å². The Hall–Kier alpha value is -3.59. The molecule has 33 heavy (non-hydrogen) atoms. The molecule has 0 amide bonds. The van der Waals surface area contributed by atoms with Crippen molar-refractivity contribution in [1.82, 2.24) is 0 Å². The van der Waals surface area contributed by atoms with E-state index >= 15 is 0 Å². The van der Waals surface area contributed by atoms with Gasteiger partial charge in [0.25, 0.3) is 5.76 Å². The standard InChI is InChI=1S/C24H14BrF3O5/c1-13-6-8-14(9-7-13)23(30)31-15-10-11-16-19(12-15)33-22(24(26,27)28)21(20(16)29)32-18-5-3-2-4-17(18)25/h2-12H,1H3. The van der Waals surface area contributed by atoms with Crippen molar-refractivity contribution in [1.29, 1.82) is 0 Å². The third-order valence-electron chi connectivity index (χ3n) is 4.63. The molecule has 0 unspecified atom stereocenters. The van der Waals surface area contributed by atoms with Crippen molar-refractivity contribution in [3.8, 4) is 17.2 Å². The molecule has 168 valence electrons. The number of ether oxygens (including phenoxy) is 2. The van der Waals surface area contributed by atoms with Gasteiger partial charge >= 0.3 is 12.1 Å². The van der Waals surface area contributed by atoms with Gasteiger partial charge in [-0.05, 0) is 59.3 Å². The van der Waals surface area contributed by atoms with Crippen LogP contribution in [0, 0.1) is 6.92 Å². The first kappa shape index (κ1) is 22.6. The maximum atomic E-state index is 13.7. The van der Waals surface area contributed by atoms with Crippen molar-refractivity contribution in [2.45, 2.75) is 13.1 Å². The third kappa shape index (κ3) is 4.78. The number of fused-ring (bicyclic) bond motifs is 1. The molecule has 0 radical (unpaired) electrons. The second-order valence-electron chi connectivity index (χ2n) is 7.03. The van der Waals surface area contributed by atoms with Crippen molar-refractivity contribution >= 4 is 32.9 Å². The Kier molecular flexibility index (Phi) is 5.99. The van der Waals surface area contributed by atoms with E-state index in [4.69, 9.17) is 13.9 Å². The number of para-hydroxylation sites is 1. The molecular weight excluding hydrogens is 505 g/mol. The number of aryl methyl sites for hydroxylation is 1. The number of esters is 1. The lowest BCUT2D eigenvalue weighted by Gasteiger charge is -2.14. The average Bonchev–Trinajstić information content (AvgIpc) is 2.76. The normalized spacial score (nSPS) is 11.4. The second kappa shape index (κ2) is 8.74. The number of rotatable bonds is 4. The molecule has 3 aromatic carbocycles. The number of hydrogen-bond acceptors (Lipinski definition) is 5. The Morgan fingerprint density at radius 2 is 1.70 bits per heavy atom. The lowest BCUT2D eigenvalue weighted by atomic mass is 10.1. The van der Waals surface area contributed by atoms with Gasteiger partial charge in [-0.3, -0.25) is 4.79 Å². The van der Waals surface area contributed by atoms with Crippen LogP contribution >= 0.6 is 15.9 Å². The maximum Gasteiger partial charge on any atom is 0.453 e. The second-order valence-corrected chi connectivity index (χ2v) is 7.89. The van der Waals surface area contributed by atoms with Crippen LogP contribution in [0.25, 0.3) is 11.0 Å². The topological polar surface area (TPSA) is 65.7 Å². The summed E-state index contributed by atoms with van der Waals surface area (Å²) in [5.74, 6) is -3.37. The van der Waals surface area contributed by atoms with Gasteiger partial charge in [-0.1, -0.05) is 29.8 Å². The van der Waals surface area contributed by atoms with Crippen LogP contribution < -0.4 is 14.9 Å². The highest BCUT2D eigenvalue weighted by atomic mass is 79.9. The lowest BCUT2D eigenvalue weighted by molar-refractivity contribution is -0.154. The van der Waals surface area contributed by atoms with Gasteiger partial charge in [-0.2, -0.15) is 13.2 Å². The monoisotopic (exact) mass is 518 g/mol. The molecule has 0 spiro atoms. The minimum absolute atomic E-state index is 0.0123. The molecule has 0 saturated heterocycles. The smallest absolute Gasteiger partial charge is 0.448 e. The first-order valence-electron chi connectivity index (χ1n) is 9.53. The van der Waals surface area contributed by atoms with Crippen molar-refractivity contribution in [3.63, 3.8) is 0 Å². The zero-order valence-electron chi connectivity index (χ0n) is 16.9. The average molecular weight is 519 g/mol.